The summed E-state index contributed by atoms with van der Waals surface area (Å²) in [6, 6.07) is 2.45. The first-order chi connectivity index (χ1) is 6.45. The quantitative estimate of drug-likeness (QED) is 0.516. The predicted octanol–water partition coefficient (Wildman–Crippen LogP) is 2.21. The van der Waals surface area contributed by atoms with Crippen LogP contribution in [0, 0.1) is 20.6 Å². The maximum absolute atomic E-state index is 10.7. The van der Waals surface area contributed by atoms with Crippen LogP contribution in [0.4, 0.5) is 5.69 Å². The molecule has 5 nitrogen and oxygen atoms in total. The summed E-state index contributed by atoms with van der Waals surface area (Å²) in [6.45, 7) is 1.53. The van der Waals surface area contributed by atoms with Gasteiger partial charge in [-0.3, -0.25) is 10.1 Å². The highest BCUT2D eigenvalue weighted by Crippen LogP contribution is 2.25. The van der Waals surface area contributed by atoms with Crippen LogP contribution in [0.15, 0.2) is 12.1 Å². The van der Waals surface area contributed by atoms with Crippen molar-refractivity contribution < 1.29 is 14.8 Å². The fourth-order valence-electron chi connectivity index (χ4n) is 1.04. The molecule has 1 aromatic carbocycles. The van der Waals surface area contributed by atoms with Crippen LogP contribution in [0.1, 0.15) is 15.9 Å². The van der Waals surface area contributed by atoms with Gasteiger partial charge in [-0.25, -0.2) is 4.79 Å². The first-order valence-corrected chi connectivity index (χ1v) is 4.69. The number of benzene rings is 1. The van der Waals surface area contributed by atoms with Crippen LogP contribution in [0.25, 0.3) is 0 Å². The zero-order chi connectivity index (χ0) is 10.9. The molecule has 0 heterocycles. The third-order valence-corrected chi connectivity index (χ3v) is 3.18. The summed E-state index contributed by atoms with van der Waals surface area (Å²) in [4.78, 5) is 20.7. The zero-order valence-corrected chi connectivity index (χ0v) is 9.31. The average molecular weight is 307 g/mol. The van der Waals surface area contributed by atoms with Gasteiger partial charge in [-0.15, -0.1) is 0 Å². The SMILES string of the molecule is Cc1c([N+](=O)[O-])ccc(C(=O)O)c1I. The van der Waals surface area contributed by atoms with Gasteiger partial charge in [-0.1, -0.05) is 0 Å². The smallest absolute Gasteiger partial charge is 0.336 e. The van der Waals surface area contributed by atoms with Gasteiger partial charge in [-0.05, 0) is 35.6 Å². The van der Waals surface area contributed by atoms with Crippen molar-refractivity contribution in [2.24, 2.45) is 0 Å². The highest BCUT2D eigenvalue weighted by Gasteiger charge is 2.18. The van der Waals surface area contributed by atoms with Gasteiger partial charge in [0.1, 0.15) is 0 Å². The molecule has 0 spiro atoms. The number of halogens is 1. The number of hydrogen-bond donors (Lipinski definition) is 1. The first kappa shape index (κ1) is 10.9. The highest BCUT2D eigenvalue weighted by atomic mass is 127. The number of nitro groups is 1. The van der Waals surface area contributed by atoms with E-state index < -0.39 is 10.9 Å². The average Bonchev–Trinajstić information content (AvgIpc) is 2.08. The van der Waals surface area contributed by atoms with Crippen molar-refractivity contribution in [1.29, 1.82) is 0 Å². The van der Waals surface area contributed by atoms with E-state index in [0.717, 1.165) is 0 Å². The van der Waals surface area contributed by atoms with Crippen LogP contribution < -0.4 is 0 Å². The third kappa shape index (κ3) is 1.84. The Morgan fingerprint density at radius 1 is 1.57 bits per heavy atom. The number of nitro benzene ring substituents is 1. The highest BCUT2D eigenvalue weighted by molar-refractivity contribution is 14.1. The van der Waals surface area contributed by atoms with Crippen molar-refractivity contribution in [3.8, 4) is 0 Å². The molecule has 0 unspecified atom stereocenters. The van der Waals surface area contributed by atoms with E-state index in [0.29, 0.717) is 9.13 Å². The number of hydrogen-bond acceptors (Lipinski definition) is 3. The second-order valence-electron chi connectivity index (χ2n) is 2.63. The van der Waals surface area contributed by atoms with E-state index in [-0.39, 0.29) is 11.3 Å². The van der Waals surface area contributed by atoms with Gasteiger partial charge in [0.15, 0.2) is 0 Å². The minimum Gasteiger partial charge on any atom is -0.478 e. The summed E-state index contributed by atoms with van der Waals surface area (Å²) in [7, 11) is 0. The summed E-state index contributed by atoms with van der Waals surface area (Å²) in [6.07, 6.45) is 0. The number of carboxylic acids is 1. The number of aromatic carboxylic acids is 1. The molecule has 1 N–H and O–H groups in total. The lowest BCUT2D eigenvalue weighted by Crippen LogP contribution is -2.03. The van der Waals surface area contributed by atoms with Gasteiger partial charge in [-0.2, -0.15) is 0 Å². The fourth-order valence-corrected chi connectivity index (χ4v) is 1.72. The van der Waals surface area contributed by atoms with Crippen molar-refractivity contribution in [1.82, 2.24) is 0 Å². The maximum atomic E-state index is 10.7. The molecule has 74 valence electrons. The Bertz CT molecular complexity index is 377. The summed E-state index contributed by atoms with van der Waals surface area (Å²) in [5.74, 6) is -1.08. The zero-order valence-electron chi connectivity index (χ0n) is 7.15. The van der Waals surface area contributed by atoms with E-state index in [2.05, 4.69) is 0 Å². The summed E-state index contributed by atoms with van der Waals surface area (Å²) in [5, 5.41) is 19.3. The van der Waals surface area contributed by atoms with E-state index >= 15 is 0 Å². The molecule has 0 saturated carbocycles. The predicted molar refractivity (Wildman–Crippen MR) is 57.5 cm³/mol. The van der Waals surface area contributed by atoms with Gasteiger partial charge in [0, 0.05) is 15.2 Å². The molecule has 0 saturated heterocycles. The molecular weight excluding hydrogens is 301 g/mol. The molecule has 0 aliphatic rings. The van der Waals surface area contributed by atoms with Gasteiger partial charge >= 0.3 is 5.97 Å². The molecule has 1 rings (SSSR count). The topological polar surface area (TPSA) is 80.4 Å². The normalized spacial score (nSPS) is 9.86. The minimum atomic E-state index is -1.08. The molecular formula is C8H6INO4. The van der Waals surface area contributed by atoms with Gasteiger partial charge < -0.3 is 5.11 Å². The van der Waals surface area contributed by atoms with Crippen LogP contribution >= 0.6 is 22.6 Å². The summed E-state index contributed by atoms with van der Waals surface area (Å²) < 4.78 is 0.407. The molecule has 0 aliphatic carbocycles. The monoisotopic (exact) mass is 307 g/mol. The molecule has 0 fully saturated rings. The van der Waals surface area contributed by atoms with E-state index in [4.69, 9.17) is 5.11 Å². The maximum Gasteiger partial charge on any atom is 0.336 e. The van der Waals surface area contributed by atoms with Crippen LogP contribution in [0.3, 0.4) is 0 Å². The van der Waals surface area contributed by atoms with Crippen molar-refractivity contribution in [2.45, 2.75) is 6.92 Å². The Labute approximate surface area is 93.0 Å². The Morgan fingerprint density at radius 2 is 2.14 bits per heavy atom. The number of nitrogens with zero attached hydrogens (tertiary/aromatic N) is 1. The van der Waals surface area contributed by atoms with E-state index in [1.807, 2.05) is 0 Å². The second-order valence-corrected chi connectivity index (χ2v) is 3.71. The lowest BCUT2D eigenvalue weighted by atomic mass is 10.1. The number of carboxylic acid groups (broad SMARTS) is 1. The molecule has 1 aromatic rings. The molecule has 14 heavy (non-hydrogen) atoms. The van der Waals surface area contributed by atoms with Crippen LogP contribution in [0.5, 0.6) is 0 Å². The Morgan fingerprint density at radius 3 is 2.57 bits per heavy atom. The lowest BCUT2D eigenvalue weighted by molar-refractivity contribution is -0.385. The summed E-state index contributed by atoms with van der Waals surface area (Å²) >= 11 is 1.79. The van der Waals surface area contributed by atoms with Crippen LogP contribution in [-0.2, 0) is 0 Å². The van der Waals surface area contributed by atoms with E-state index in [1.54, 1.807) is 22.6 Å². The van der Waals surface area contributed by atoms with Gasteiger partial charge in [0.25, 0.3) is 5.69 Å². The van der Waals surface area contributed by atoms with Crippen LogP contribution in [0.2, 0.25) is 0 Å². The number of rotatable bonds is 2. The summed E-state index contributed by atoms with van der Waals surface area (Å²) in [5.41, 5.74) is 0.420. The largest absolute Gasteiger partial charge is 0.478 e. The second kappa shape index (κ2) is 3.91. The Balaban J connectivity index is 3.41. The van der Waals surface area contributed by atoms with Crippen LogP contribution in [-0.4, -0.2) is 16.0 Å². The molecule has 0 atom stereocenters. The molecule has 0 aromatic heterocycles. The fraction of sp³-hybridized carbons (Fsp3) is 0.125. The van der Waals surface area contributed by atoms with Gasteiger partial charge in [0.2, 0.25) is 0 Å². The van der Waals surface area contributed by atoms with E-state index in [9.17, 15) is 14.9 Å². The molecule has 0 amide bonds. The molecule has 6 heteroatoms. The third-order valence-electron chi connectivity index (χ3n) is 1.78. The first-order valence-electron chi connectivity index (χ1n) is 3.62. The minimum absolute atomic E-state index is 0.0561. The van der Waals surface area contributed by atoms with Gasteiger partial charge in [0.05, 0.1) is 10.5 Å². The Kier molecular flexibility index (Phi) is 3.04. The van der Waals surface area contributed by atoms with Crippen molar-refractivity contribution in [2.75, 3.05) is 0 Å². The van der Waals surface area contributed by atoms with Crippen molar-refractivity contribution >= 4 is 34.2 Å². The number of carbonyl (C=O) groups is 1. The lowest BCUT2D eigenvalue weighted by Gasteiger charge is -2.03. The standard InChI is InChI=1S/C8H6INO4/c1-4-6(10(13)14)3-2-5(7(4)9)8(11)12/h2-3H,1H3,(H,11,12). The Hall–Kier alpha value is -1.18. The van der Waals surface area contributed by atoms with Crippen molar-refractivity contribution in [3.05, 3.63) is 36.9 Å². The van der Waals surface area contributed by atoms with Crippen molar-refractivity contribution in [3.63, 3.8) is 0 Å². The molecule has 0 bridgehead atoms. The molecule has 0 aliphatic heterocycles. The molecule has 0 radical (unpaired) electrons. The van der Waals surface area contributed by atoms with E-state index in [1.165, 1.54) is 19.1 Å².